The second-order valence-corrected chi connectivity index (χ2v) is 14.5. The van der Waals surface area contributed by atoms with Gasteiger partial charge in [-0.3, -0.25) is 19.8 Å². The Morgan fingerprint density at radius 1 is 0.375 bits per heavy atom. The summed E-state index contributed by atoms with van der Waals surface area (Å²) in [5.41, 5.74) is 6.25. The van der Waals surface area contributed by atoms with Gasteiger partial charge in [-0.2, -0.15) is 0 Å². The van der Waals surface area contributed by atoms with Gasteiger partial charge in [-0.15, -0.1) is 0 Å². The lowest BCUT2D eigenvalue weighted by Crippen LogP contribution is -2.72. The molecule has 0 aliphatic heterocycles. The lowest BCUT2D eigenvalue weighted by atomic mass is 9.78. The number of rotatable bonds is 18. The summed E-state index contributed by atoms with van der Waals surface area (Å²) in [6, 6.07) is 53.0. The molecule has 1 saturated carbocycles. The average Bonchev–Trinajstić information content (AvgIpc) is 3.25. The molecular formula is C48H52N4O4. The van der Waals surface area contributed by atoms with Gasteiger partial charge in [0.1, 0.15) is 24.4 Å². The molecule has 0 unspecified atom stereocenters. The first-order valence-corrected chi connectivity index (χ1v) is 19.4. The summed E-state index contributed by atoms with van der Waals surface area (Å²) in [6.07, 6.45) is 1.78. The predicted molar refractivity (Wildman–Crippen MR) is 219 cm³/mol. The summed E-state index contributed by atoms with van der Waals surface area (Å²) < 4.78 is 28.7. The molecule has 0 bridgehead atoms. The molecule has 0 radical (unpaired) electrons. The average molecular weight is 749 g/mol. The molecule has 1 aliphatic carbocycles. The second-order valence-electron chi connectivity index (χ2n) is 14.5. The number of nitrogens with zero attached hydrogens (tertiary/aromatic N) is 4. The molecular weight excluding hydrogens is 697 g/mol. The molecule has 1 fully saturated rings. The van der Waals surface area contributed by atoms with Crippen molar-refractivity contribution in [3.63, 3.8) is 0 Å². The second kappa shape index (κ2) is 20.2. The predicted octanol–water partition coefficient (Wildman–Crippen LogP) is 8.13. The number of likely N-dealkylation sites (N-methyl/N-ethyl adjacent to an activating group) is 2. The van der Waals surface area contributed by atoms with Gasteiger partial charge in [0.25, 0.3) is 0 Å². The van der Waals surface area contributed by atoms with Crippen LogP contribution in [0.4, 0.5) is 0 Å². The van der Waals surface area contributed by atoms with Crippen molar-refractivity contribution >= 4 is 0 Å². The van der Waals surface area contributed by atoms with Crippen LogP contribution in [0.2, 0.25) is 0 Å². The van der Waals surface area contributed by atoms with Crippen molar-refractivity contribution in [3.05, 3.63) is 204 Å². The highest BCUT2D eigenvalue weighted by molar-refractivity contribution is 5.19. The minimum Gasteiger partial charge on any atom is -0.369 e. The third kappa shape index (κ3) is 10.6. The quantitative estimate of drug-likeness (QED) is 0.0874. The van der Waals surface area contributed by atoms with E-state index in [-0.39, 0.29) is 12.1 Å². The van der Waals surface area contributed by atoms with Crippen LogP contribution in [0.5, 0.6) is 0 Å². The Balaban J connectivity index is 1.35. The van der Waals surface area contributed by atoms with Gasteiger partial charge in [0.15, 0.2) is 0 Å². The molecule has 56 heavy (non-hydrogen) atoms. The summed E-state index contributed by atoms with van der Waals surface area (Å²) in [6.45, 7) is 2.77. The van der Waals surface area contributed by atoms with Crippen molar-refractivity contribution in [1.82, 2.24) is 19.8 Å². The summed E-state index contributed by atoms with van der Waals surface area (Å²) in [4.78, 5) is 14.2. The Hall–Kier alpha value is -5.06. The molecule has 0 N–H and O–H groups in total. The number of hydrogen-bond acceptors (Lipinski definition) is 8. The van der Waals surface area contributed by atoms with Crippen molar-refractivity contribution in [2.24, 2.45) is 0 Å². The Labute approximate surface area is 331 Å². The van der Waals surface area contributed by atoms with Gasteiger partial charge in [0.2, 0.25) is 0 Å². The fourth-order valence-electron chi connectivity index (χ4n) is 7.71. The highest BCUT2D eigenvalue weighted by Gasteiger charge is 2.56. The smallest absolute Gasteiger partial charge is 0.114 e. The Bertz CT molecular complexity index is 1830. The molecule has 0 saturated heterocycles. The molecule has 6 aromatic rings. The van der Waals surface area contributed by atoms with E-state index in [1.165, 1.54) is 0 Å². The minimum absolute atomic E-state index is 0.229. The first-order valence-electron chi connectivity index (χ1n) is 19.4. The number of hydrogen-bond donors (Lipinski definition) is 0. The van der Waals surface area contributed by atoms with Crippen LogP contribution in [0.15, 0.2) is 170 Å². The zero-order valence-electron chi connectivity index (χ0n) is 32.3. The van der Waals surface area contributed by atoms with Crippen molar-refractivity contribution in [3.8, 4) is 0 Å². The summed E-state index contributed by atoms with van der Waals surface area (Å²) in [5.74, 6) is 0. The first-order chi connectivity index (χ1) is 27.6. The van der Waals surface area contributed by atoms with Crippen LogP contribution < -0.4 is 0 Å². The van der Waals surface area contributed by atoms with Gasteiger partial charge in [0, 0.05) is 25.5 Å². The summed E-state index contributed by atoms with van der Waals surface area (Å²) in [5, 5.41) is 0. The van der Waals surface area contributed by atoms with Gasteiger partial charge >= 0.3 is 0 Å². The van der Waals surface area contributed by atoms with E-state index >= 15 is 0 Å². The summed E-state index contributed by atoms with van der Waals surface area (Å²) >= 11 is 0. The molecule has 6 atom stereocenters. The van der Waals surface area contributed by atoms with Crippen molar-refractivity contribution in [1.29, 1.82) is 0 Å². The molecule has 1 aliphatic rings. The number of benzene rings is 4. The van der Waals surface area contributed by atoms with Crippen LogP contribution in [0, 0.1) is 0 Å². The van der Waals surface area contributed by atoms with Crippen LogP contribution in [0.3, 0.4) is 0 Å². The van der Waals surface area contributed by atoms with Crippen molar-refractivity contribution in [2.45, 2.75) is 76.0 Å². The van der Waals surface area contributed by atoms with Crippen LogP contribution in [0.1, 0.15) is 33.6 Å². The van der Waals surface area contributed by atoms with E-state index in [4.69, 9.17) is 28.9 Å². The fraction of sp³-hybridized carbons (Fsp3) is 0.292. The van der Waals surface area contributed by atoms with Gasteiger partial charge in [0.05, 0.1) is 49.9 Å². The van der Waals surface area contributed by atoms with Gasteiger partial charge < -0.3 is 18.9 Å². The van der Waals surface area contributed by atoms with Gasteiger partial charge in [-0.05, 0) is 60.6 Å². The number of ether oxygens (including phenoxy) is 4. The lowest BCUT2D eigenvalue weighted by molar-refractivity contribution is -0.252. The first kappa shape index (κ1) is 39.2. The Kier molecular flexibility index (Phi) is 14.1. The molecule has 288 valence electrons. The summed E-state index contributed by atoms with van der Waals surface area (Å²) in [7, 11) is 4.32. The zero-order chi connectivity index (χ0) is 38.4. The minimum atomic E-state index is -0.515. The Morgan fingerprint density at radius 2 is 0.661 bits per heavy atom. The van der Waals surface area contributed by atoms with Gasteiger partial charge in [-0.25, -0.2) is 0 Å². The van der Waals surface area contributed by atoms with Crippen LogP contribution in [-0.2, 0) is 58.5 Å². The fourth-order valence-corrected chi connectivity index (χ4v) is 7.71. The normalized spacial score (nSPS) is 21.0. The van der Waals surface area contributed by atoms with Gasteiger partial charge in [-0.1, -0.05) is 133 Å². The van der Waals surface area contributed by atoms with Crippen LogP contribution >= 0.6 is 0 Å². The largest absolute Gasteiger partial charge is 0.369 e. The van der Waals surface area contributed by atoms with Crippen LogP contribution in [-0.4, -0.2) is 70.4 Å². The third-order valence-electron chi connectivity index (χ3n) is 10.4. The SMILES string of the molecule is CN(Cc1ccccn1)[C@@H]1[C@H](OCc2ccccc2)[C@@H](OCc2ccccc2)[C@H](OCc2ccccc2)[C@@H](OCc2ccccc2)[C@@H]1N(C)Cc1ccccn1. The monoisotopic (exact) mass is 748 g/mol. The molecule has 4 aromatic carbocycles. The van der Waals surface area contributed by atoms with Crippen LogP contribution in [0.25, 0.3) is 0 Å². The van der Waals surface area contributed by atoms with E-state index < -0.39 is 24.4 Å². The Morgan fingerprint density at radius 3 is 0.946 bits per heavy atom. The highest BCUT2D eigenvalue weighted by atomic mass is 16.6. The highest BCUT2D eigenvalue weighted by Crippen LogP contribution is 2.38. The van der Waals surface area contributed by atoms with Crippen molar-refractivity contribution < 1.29 is 18.9 Å². The maximum atomic E-state index is 7.20. The van der Waals surface area contributed by atoms with E-state index in [1.54, 1.807) is 0 Å². The van der Waals surface area contributed by atoms with E-state index in [9.17, 15) is 0 Å². The lowest BCUT2D eigenvalue weighted by Gasteiger charge is -2.55. The maximum Gasteiger partial charge on any atom is 0.114 e. The number of aromatic nitrogens is 2. The topological polar surface area (TPSA) is 69.2 Å². The maximum absolute atomic E-state index is 7.20. The van der Waals surface area contributed by atoms with Crippen molar-refractivity contribution in [2.75, 3.05) is 14.1 Å². The molecule has 8 nitrogen and oxygen atoms in total. The standard InChI is InChI=1S/C48H52N4O4/c1-51(31-41-27-15-17-29-49-41)43-44(52(2)32-42-28-16-18-30-50-42)46(54-34-38-21-9-4-10-22-38)48(56-36-40-25-13-6-14-26-40)47(55-35-39-23-11-5-12-24-39)45(43)53-33-37-19-7-3-8-20-37/h3-30,43-48H,31-36H2,1-2H3/t43-,44+,45-,46-,47+,48+/m0/s1. The van der Waals surface area contributed by atoms with E-state index in [2.05, 4.69) is 109 Å². The molecule has 0 spiro atoms. The van der Waals surface area contributed by atoms with E-state index in [0.29, 0.717) is 39.5 Å². The molecule has 8 heteroatoms. The number of pyridine rings is 2. The van der Waals surface area contributed by atoms with E-state index in [1.807, 2.05) is 85.2 Å². The molecule has 2 aromatic heterocycles. The molecule has 7 rings (SSSR count). The zero-order valence-corrected chi connectivity index (χ0v) is 32.3. The molecule has 0 amide bonds. The third-order valence-corrected chi connectivity index (χ3v) is 10.4. The van der Waals surface area contributed by atoms with E-state index in [0.717, 1.165) is 33.6 Å². The molecule has 2 heterocycles.